The van der Waals surface area contributed by atoms with Crippen LogP contribution in [-0.4, -0.2) is 49.8 Å². The molecule has 1 heterocycles. The molecule has 1 aromatic carbocycles. The summed E-state index contributed by atoms with van der Waals surface area (Å²) in [7, 11) is -1.81. The molecule has 1 aliphatic rings. The van der Waals surface area contributed by atoms with Crippen LogP contribution in [0.5, 0.6) is 0 Å². The van der Waals surface area contributed by atoms with Crippen LogP contribution in [0, 0.1) is 12.7 Å². The highest BCUT2D eigenvalue weighted by atomic mass is 32.2. The first-order valence-electron chi connectivity index (χ1n) is 6.73. The summed E-state index contributed by atoms with van der Waals surface area (Å²) >= 11 is 0. The Balaban J connectivity index is 2.40. The van der Waals surface area contributed by atoms with Crippen LogP contribution >= 0.6 is 0 Å². The molecule has 112 valence electrons. The van der Waals surface area contributed by atoms with Crippen molar-refractivity contribution >= 4 is 10.0 Å². The minimum Gasteiger partial charge on any atom is -0.301 e. The maximum absolute atomic E-state index is 14.0. The zero-order valence-electron chi connectivity index (χ0n) is 12.3. The fourth-order valence-corrected chi connectivity index (χ4v) is 4.29. The number of rotatable bonds is 2. The molecule has 0 aliphatic carbocycles. The lowest BCUT2D eigenvalue weighted by molar-refractivity contribution is 0.109. The number of hydrogen-bond acceptors (Lipinski definition) is 3. The predicted molar refractivity (Wildman–Crippen MR) is 76.6 cm³/mol. The van der Waals surface area contributed by atoms with Gasteiger partial charge >= 0.3 is 0 Å². The van der Waals surface area contributed by atoms with Crippen LogP contribution in [-0.2, 0) is 10.0 Å². The van der Waals surface area contributed by atoms with Crippen LogP contribution in [0.25, 0.3) is 0 Å². The summed E-state index contributed by atoms with van der Waals surface area (Å²) in [5.74, 6) is -0.677. The smallest absolute Gasteiger partial charge is 0.246 e. The molecule has 2 atom stereocenters. The molecule has 0 radical (unpaired) electrons. The topological polar surface area (TPSA) is 40.6 Å². The third kappa shape index (κ3) is 2.60. The van der Waals surface area contributed by atoms with Gasteiger partial charge in [0.1, 0.15) is 10.7 Å². The summed E-state index contributed by atoms with van der Waals surface area (Å²) in [6.45, 7) is 6.62. The van der Waals surface area contributed by atoms with Gasteiger partial charge in [-0.1, -0.05) is 6.07 Å². The van der Waals surface area contributed by atoms with E-state index in [0.717, 1.165) is 0 Å². The lowest BCUT2D eigenvalue weighted by atomic mass is 10.1. The number of hydrogen-bond donors (Lipinski definition) is 0. The van der Waals surface area contributed by atoms with Crippen LogP contribution in [0.2, 0.25) is 0 Å². The van der Waals surface area contributed by atoms with Crippen molar-refractivity contribution in [1.29, 1.82) is 0 Å². The first kappa shape index (κ1) is 15.4. The van der Waals surface area contributed by atoms with Crippen molar-refractivity contribution in [2.75, 3.05) is 20.1 Å². The molecule has 6 heteroatoms. The molecular weight excluding hydrogens is 279 g/mol. The Morgan fingerprint density at radius 2 is 1.85 bits per heavy atom. The van der Waals surface area contributed by atoms with Crippen molar-refractivity contribution in [2.24, 2.45) is 0 Å². The first-order chi connectivity index (χ1) is 9.25. The highest BCUT2D eigenvalue weighted by molar-refractivity contribution is 7.89. The van der Waals surface area contributed by atoms with E-state index in [1.165, 1.54) is 16.4 Å². The molecule has 0 amide bonds. The predicted octanol–water partition coefficient (Wildman–Crippen LogP) is 1.85. The summed E-state index contributed by atoms with van der Waals surface area (Å²) in [6, 6.07) is 4.17. The Kier molecular flexibility index (Phi) is 4.18. The maximum atomic E-state index is 14.0. The van der Waals surface area contributed by atoms with Gasteiger partial charge in [-0.05, 0) is 45.5 Å². The second kappa shape index (κ2) is 5.42. The lowest BCUT2D eigenvalue weighted by Gasteiger charge is -2.42. The largest absolute Gasteiger partial charge is 0.301 e. The Labute approximate surface area is 120 Å². The van der Waals surface area contributed by atoms with Gasteiger partial charge in [-0.25, -0.2) is 12.8 Å². The quantitative estimate of drug-likeness (QED) is 0.837. The van der Waals surface area contributed by atoms with E-state index >= 15 is 0 Å². The molecule has 2 rings (SSSR count). The van der Waals surface area contributed by atoms with Gasteiger partial charge in [0.2, 0.25) is 10.0 Å². The maximum Gasteiger partial charge on any atom is 0.246 e. The molecule has 0 unspecified atom stereocenters. The third-order valence-corrected chi connectivity index (χ3v) is 6.21. The zero-order chi connectivity index (χ0) is 15.1. The number of sulfonamides is 1. The number of piperazine rings is 1. The van der Waals surface area contributed by atoms with Crippen molar-refractivity contribution in [3.8, 4) is 0 Å². The molecule has 20 heavy (non-hydrogen) atoms. The van der Waals surface area contributed by atoms with Gasteiger partial charge < -0.3 is 4.90 Å². The van der Waals surface area contributed by atoms with E-state index in [-0.39, 0.29) is 17.0 Å². The van der Waals surface area contributed by atoms with Crippen molar-refractivity contribution in [2.45, 2.75) is 37.8 Å². The van der Waals surface area contributed by atoms with Crippen molar-refractivity contribution in [1.82, 2.24) is 9.21 Å². The van der Waals surface area contributed by atoms with E-state index in [1.54, 1.807) is 13.0 Å². The number of benzene rings is 1. The van der Waals surface area contributed by atoms with E-state index < -0.39 is 15.8 Å². The van der Waals surface area contributed by atoms with Crippen LogP contribution in [0.15, 0.2) is 23.1 Å². The summed E-state index contributed by atoms with van der Waals surface area (Å²) in [6.07, 6.45) is 0. The molecule has 0 aromatic heterocycles. The van der Waals surface area contributed by atoms with Crippen molar-refractivity contribution in [3.05, 3.63) is 29.6 Å². The molecule has 4 nitrogen and oxygen atoms in total. The van der Waals surface area contributed by atoms with Gasteiger partial charge in [0.25, 0.3) is 0 Å². The Hall–Kier alpha value is -0.980. The fourth-order valence-electron chi connectivity index (χ4n) is 2.55. The summed E-state index contributed by atoms with van der Waals surface area (Å²) < 4.78 is 40.7. The van der Waals surface area contributed by atoms with Gasteiger partial charge in [-0.2, -0.15) is 4.31 Å². The molecule has 0 N–H and O–H groups in total. The Morgan fingerprint density at radius 3 is 2.45 bits per heavy atom. The number of aryl methyl sites for hydroxylation is 1. The number of likely N-dealkylation sites (N-methyl/N-ethyl adjacent to an activating group) is 1. The van der Waals surface area contributed by atoms with Gasteiger partial charge in [-0.3, -0.25) is 0 Å². The van der Waals surface area contributed by atoms with E-state index in [0.29, 0.717) is 18.7 Å². The monoisotopic (exact) mass is 300 g/mol. The van der Waals surface area contributed by atoms with E-state index in [9.17, 15) is 12.8 Å². The summed E-state index contributed by atoms with van der Waals surface area (Å²) in [5.41, 5.74) is 0.709. The average Bonchev–Trinajstić information content (AvgIpc) is 2.35. The third-order valence-electron chi connectivity index (χ3n) is 4.19. The molecular formula is C14H21FN2O2S. The molecule has 1 saturated heterocycles. The normalized spacial score (nSPS) is 25.9. The highest BCUT2D eigenvalue weighted by Crippen LogP contribution is 2.26. The molecule has 1 fully saturated rings. The SMILES string of the molecule is Cc1ccc(S(=O)(=O)N2CCN(C)[C@@H](C)[C@H]2C)c(F)c1. The van der Waals surface area contributed by atoms with Gasteiger partial charge in [0.05, 0.1) is 0 Å². The minimum absolute atomic E-state index is 0.104. The molecule has 0 bridgehead atoms. The fraction of sp³-hybridized carbons (Fsp3) is 0.571. The van der Waals surface area contributed by atoms with Crippen LogP contribution in [0.3, 0.4) is 0 Å². The zero-order valence-corrected chi connectivity index (χ0v) is 13.1. The second-order valence-corrected chi connectivity index (χ2v) is 7.37. The minimum atomic E-state index is -3.78. The first-order valence-corrected chi connectivity index (χ1v) is 8.17. The van der Waals surface area contributed by atoms with Crippen LogP contribution in [0.1, 0.15) is 19.4 Å². The van der Waals surface area contributed by atoms with Gasteiger partial charge in [0, 0.05) is 25.2 Å². The van der Waals surface area contributed by atoms with E-state index in [1.807, 2.05) is 20.9 Å². The molecule has 1 aromatic rings. The Morgan fingerprint density at radius 1 is 1.20 bits per heavy atom. The standard InChI is InChI=1S/C14H21FN2O2S/c1-10-5-6-14(13(15)9-10)20(18,19)17-8-7-16(4)11(2)12(17)3/h5-6,9,11-12H,7-8H2,1-4H3/t11-,12+/m0/s1. The van der Waals surface area contributed by atoms with E-state index in [2.05, 4.69) is 4.90 Å². The van der Waals surface area contributed by atoms with Gasteiger partial charge in [0.15, 0.2) is 0 Å². The van der Waals surface area contributed by atoms with Crippen LogP contribution < -0.4 is 0 Å². The molecule has 1 aliphatic heterocycles. The molecule has 0 saturated carbocycles. The average molecular weight is 300 g/mol. The number of nitrogens with zero attached hydrogens (tertiary/aromatic N) is 2. The highest BCUT2D eigenvalue weighted by Gasteiger charge is 2.37. The molecule has 0 spiro atoms. The van der Waals surface area contributed by atoms with Crippen molar-refractivity contribution < 1.29 is 12.8 Å². The summed E-state index contributed by atoms with van der Waals surface area (Å²) in [5, 5.41) is 0. The van der Waals surface area contributed by atoms with Gasteiger partial charge in [-0.15, -0.1) is 0 Å². The van der Waals surface area contributed by atoms with E-state index in [4.69, 9.17) is 0 Å². The van der Waals surface area contributed by atoms with Crippen LogP contribution in [0.4, 0.5) is 4.39 Å². The summed E-state index contributed by atoms with van der Waals surface area (Å²) in [4.78, 5) is 1.88. The number of halogens is 1. The lowest BCUT2D eigenvalue weighted by Crippen LogP contribution is -2.57. The second-order valence-electron chi connectivity index (χ2n) is 5.51. The Bertz CT molecular complexity index is 603. The van der Waals surface area contributed by atoms with Crippen molar-refractivity contribution in [3.63, 3.8) is 0 Å².